The summed E-state index contributed by atoms with van der Waals surface area (Å²) in [7, 11) is 0. The van der Waals surface area contributed by atoms with Crippen molar-refractivity contribution in [3.8, 4) is 0 Å². The fraction of sp³-hybridized carbons (Fsp3) is 1.00. The largest absolute Gasteiger partial charge is 0.313 e. The molecule has 0 aromatic heterocycles. The molecule has 1 nitrogen and oxygen atoms in total. The van der Waals surface area contributed by atoms with Crippen LogP contribution < -0.4 is 5.32 Å². The Bertz CT molecular complexity index is 210. The first-order valence-corrected chi connectivity index (χ1v) is 9.09. The SMILES string of the molecule is CCCC(C)C(NCC)C1CSC(C)C(C)S1. The Morgan fingerprint density at radius 3 is 2.47 bits per heavy atom. The van der Waals surface area contributed by atoms with Gasteiger partial charge in [0.15, 0.2) is 0 Å². The molecule has 102 valence electrons. The van der Waals surface area contributed by atoms with Gasteiger partial charge in [-0.15, -0.1) is 0 Å². The quantitative estimate of drug-likeness (QED) is 0.786. The first kappa shape index (κ1) is 15.7. The molecule has 1 rings (SSSR count). The van der Waals surface area contributed by atoms with Gasteiger partial charge in [0, 0.05) is 27.5 Å². The predicted molar refractivity (Wildman–Crippen MR) is 84.3 cm³/mol. The molecule has 0 aliphatic carbocycles. The summed E-state index contributed by atoms with van der Waals surface area (Å²) in [4.78, 5) is 0. The minimum atomic E-state index is 0.701. The Morgan fingerprint density at radius 2 is 1.94 bits per heavy atom. The van der Waals surface area contributed by atoms with Crippen molar-refractivity contribution in [1.29, 1.82) is 0 Å². The van der Waals surface area contributed by atoms with E-state index >= 15 is 0 Å². The maximum Gasteiger partial charge on any atom is 0.0297 e. The Kier molecular flexibility index (Phi) is 7.36. The lowest BCUT2D eigenvalue weighted by atomic mass is 9.94. The van der Waals surface area contributed by atoms with Crippen molar-refractivity contribution in [3.63, 3.8) is 0 Å². The van der Waals surface area contributed by atoms with Crippen molar-refractivity contribution in [3.05, 3.63) is 0 Å². The van der Waals surface area contributed by atoms with Crippen molar-refractivity contribution in [2.24, 2.45) is 5.92 Å². The molecule has 5 atom stereocenters. The molecule has 0 spiro atoms. The Morgan fingerprint density at radius 1 is 1.24 bits per heavy atom. The van der Waals surface area contributed by atoms with Crippen molar-refractivity contribution in [2.45, 2.75) is 69.3 Å². The van der Waals surface area contributed by atoms with Gasteiger partial charge in [0.1, 0.15) is 0 Å². The highest BCUT2D eigenvalue weighted by Crippen LogP contribution is 2.38. The van der Waals surface area contributed by atoms with Crippen LogP contribution in [0.25, 0.3) is 0 Å². The zero-order chi connectivity index (χ0) is 12.8. The van der Waals surface area contributed by atoms with E-state index in [4.69, 9.17) is 0 Å². The van der Waals surface area contributed by atoms with Crippen molar-refractivity contribution in [2.75, 3.05) is 12.3 Å². The van der Waals surface area contributed by atoms with Crippen LogP contribution in [0.2, 0.25) is 0 Å². The molecular weight excluding hydrogens is 246 g/mol. The van der Waals surface area contributed by atoms with Gasteiger partial charge in [0.05, 0.1) is 0 Å². The second-order valence-electron chi connectivity index (χ2n) is 5.27. The molecule has 0 aromatic rings. The van der Waals surface area contributed by atoms with Gasteiger partial charge < -0.3 is 5.32 Å². The fourth-order valence-corrected chi connectivity index (χ4v) is 5.82. The second kappa shape index (κ2) is 7.96. The third-order valence-corrected chi connectivity index (χ3v) is 7.29. The standard InChI is InChI=1S/C14H29NS2/c1-6-8-10(3)14(15-7-2)13-9-16-11(4)12(5)17-13/h10-15H,6-9H2,1-5H3. The van der Waals surface area contributed by atoms with Gasteiger partial charge in [0.2, 0.25) is 0 Å². The summed E-state index contributed by atoms with van der Waals surface area (Å²) < 4.78 is 0. The van der Waals surface area contributed by atoms with Gasteiger partial charge in [-0.3, -0.25) is 0 Å². The molecule has 0 radical (unpaired) electrons. The van der Waals surface area contributed by atoms with Crippen molar-refractivity contribution >= 4 is 23.5 Å². The predicted octanol–water partition coefficient (Wildman–Crippen LogP) is 4.03. The number of hydrogen-bond acceptors (Lipinski definition) is 3. The lowest BCUT2D eigenvalue weighted by Crippen LogP contribution is -2.47. The molecule has 5 unspecified atom stereocenters. The van der Waals surface area contributed by atoms with E-state index in [2.05, 4.69) is 63.5 Å². The van der Waals surface area contributed by atoms with Crippen molar-refractivity contribution in [1.82, 2.24) is 5.32 Å². The summed E-state index contributed by atoms with van der Waals surface area (Å²) in [5, 5.41) is 6.16. The molecule has 1 saturated heterocycles. The summed E-state index contributed by atoms with van der Waals surface area (Å²) in [5.41, 5.74) is 0. The molecule has 0 amide bonds. The van der Waals surface area contributed by atoms with Crippen LogP contribution in [-0.2, 0) is 0 Å². The average molecular weight is 276 g/mol. The van der Waals surface area contributed by atoms with Crippen LogP contribution in [0.3, 0.4) is 0 Å². The molecule has 1 fully saturated rings. The number of thioether (sulfide) groups is 2. The summed E-state index contributed by atoms with van der Waals surface area (Å²) in [6.45, 7) is 12.8. The van der Waals surface area contributed by atoms with E-state index in [1.54, 1.807) is 0 Å². The summed E-state index contributed by atoms with van der Waals surface area (Å²) in [6, 6.07) is 0.701. The van der Waals surface area contributed by atoms with E-state index in [1.165, 1.54) is 18.6 Å². The molecule has 0 aromatic carbocycles. The third kappa shape index (κ3) is 4.68. The van der Waals surface area contributed by atoms with Gasteiger partial charge >= 0.3 is 0 Å². The summed E-state index contributed by atoms with van der Waals surface area (Å²) in [5.74, 6) is 2.13. The smallest absolute Gasteiger partial charge is 0.0297 e. The van der Waals surface area contributed by atoms with Gasteiger partial charge in [-0.2, -0.15) is 23.5 Å². The molecule has 1 heterocycles. The normalized spacial score (nSPS) is 33.4. The third-order valence-electron chi connectivity index (χ3n) is 3.77. The van der Waals surface area contributed by atoms with Crippen LogP contribution in [-0.4, -0.2) is 34.1 Å². The van der Waals surface area contributed by atoms with E-state index in [-0.39, 0.29) is 0 Å². The summed E-state index contributed by atoms with van der Waals surface area (Å²) >= 11 is 4.38. The van der Waals surface area contributed by atoms with Crippen LogP contribution >= 0.6 is 23.5 Å². The molecule has 1 aliphatic rings. The highest BCUT2D eigenvalue weighted by Gasteiger charge is 2.33. The molecule has 0 bridgehead atoms. The highest BCUT2D eigenvalue weighted by atomic mass is 32.2. The van der Waals surface area contributed by atoms with E-state index in [0.29, 0.717) is 6.04 Å². The summed E-state index contributed by atoms with van der Waals surface area (Å²) in [6.07, 6.45) is 2.66. The van der Waals surface area contributed by atoms with Crippen molar-refractivity contribution < 1.29 is 0 Å². The average Bonchev–Trinajstić information content (AvgIpc) is 2.30. The topological polar surface area (TPSA) is 12.0 Å². The van der Waals surface area contributed by atoms with Gasteiger partial charge in [-0.25, -0.2) is 0 Å². The molecule has 1 N–H and O–H groups in total. The lowest BCUT2D eigenvalue weighted by molar-refractivity contribution is 0.358. The Labute approximate surface area is 116 Å². The number of nitrogens with one attached hydrogen (secondary N) is 1. The zero-order valence-electron chi connectivity index (χ0n) is 12.0. The zero-order valence-corrected chi connectivity index (χ0v) is 13.7. The van der Waals surface area contributed by atoms with Crippen LogP contribution in [0, 0.1) is 5.92 Å². The first-order chi connectivity index (χ1) is 8.10. The first-order valence-electron chi connectivity index (χ1n) is 7.10. The highest BCUT2D eigenvalue weighted by molar-refractivity contribution is 8.07. The van der Waals surface area contributed by atoms with Gasteiger partial charge in [-0.05, 0) is 18.9 Å². The van der Waals surface area contributed by atoms with E-state index in [0.717, 1.165) is 28.2 Å². The Balaban J connectivity index is 2.57. The van der Waals surface area contributed by atoms with E-state index in [9.17, 15) is 0 Å². The Hall–Kier alpha value is 0.660. The molecule has 17 heavy (non-hydrogen) atoms. The molecule has 1 aliphatic heterocycles. The van der Waals surface area contributed by atoms with Crippen LogP contribution in [0.1, 0.15) is 47.5 Å². The minimum absolute atomic E-state index is 0.701. The molecule has 0 saturated carbocycles. The van der Waals surface area contributed by atoms with Crippen LogP contribution in [0.4, 0.5) is 0 Å². The van der Waals surface area contributed by atoms with Gasteiger partial charge in [-0.1, -0.05) is 41.0 Å². The fourth-order valence-electron chi connectivity index (χ4n) is 2.57. The second-order valence-corrected chi connectivity index (χ2v) is 8.30. The number of hydrogen-bond donors (Lipinski definition) is 1. The van der Waals surface area contributed by atoms with Crippen LogP contribution in [0.5, 0.6) is 0 Å². The number of rotatable bonds is 6. The van der Waals surface area contributed by atoms with Gasteiger partial charge in [0.25, 0.3) is 0 Å². The monoisotopic (exact) mass is 275 g/mol. The lowest BCUT2D eigenvalue weighted by Gasteiger charge is -2.38. The molecule has 3 heteroatoms. The minimum Gasteiger partial charge on any atom is -0.313 e. The van der Waals surface area contributed by atoms with Crippen LogP contribution in [0.15, 0.2) is 0 Å². The van der Waals surface area contributed by atoms with E-state index in [1.807, 2.05) is 0 Å². The van der Waals surface area contributed by atoms with E-state index < -0.39 is 0 Å². The molecular formula is C14H29NS2. The maximum absolute atomic E-state index is 3.74. The maximum atomic E-state index is 3.74.